The molecule has 2 aromatic heterocycles. The summed E-state index contributed by atoms with van der Waals surface area (Å²) in [6.07, 6.45) is 1.05. The van der Waals surface area contributed by atoms with Crippen LogP contribution in [0.1, 0.15) is 19.4 Å². The first-order valence-electron chi connectivity index (χ1n) is 12.6. The van der Waals surface area contributed by atoms with Gasteiger partial charge in [-0.3, -0.25) is 14.6 Å². The fourth-order valence-electron chi connectivity index (χ4n) is 4.46. The molecule has 5 aromatic rings. The fourth-order valence-corrected chi connectivity index (χ4v) is 4.46. The number of hydrogen-bond donors (Lipinski definition) is 3. The molecule has 0 atom stereocenters. The Balaban J connectivity index is 0.00000158. The molecule has 6 rings (SSSR count). The van der Waals surface area contributed by atoms with E-state index in [1.807, 2.05) is 44.2 Å². The van der Waals surface area contributed by atoms with Gasteiger partial charge in [-0.05, 0) is 54.1 Å². The van der Waals surface area contributed by atoms with E-state index in [4.69, 9.17) is 15.2 Å². The van der Waals surface area contributed by atoms with Crippen molar-refractivity contribution in [2.24, 2.45) is 0 Å². The lowest BCUT2D eigenvalue weighted by molar-refractivity contribution is -0.111. The number of aromatic amines is 1. The Morgan fingerprint density at radius 3 is 2.52 bits per heavy atom. The van der Waals surface area contributed by atoms with Gasteiger partial charge in [0.15, 0.2) is 0 Å². The Kier molecular flexibility index (Phi) is 7.07. The third kappa shape index (κ3) is 4.55. The van der Waals surface area contributed by atoms with Crippen LogP contribution >= 0.6 is 0 Å². The maximum absolute atomic E-state index is 14.7. The molecule has 0 saturated carbocycles. The highest BCUT2D eigenvalue weighted by atomic mass is 19.1. The highest BCUT2D eigenvalue weighted by Crippen LogP contribution is 2.43. The molecule has 0 aliphatic carbocycles. The number of carbonyl (C=O) groups is 1. The Labute approximate surface area is 228 Å². The number of para-hydroxylation sites is 1. The van der Waals surface area contributed by atoms with Crippen LogP contribution < -0.4 is 26.1 Å². The molecule has 3 heterocycles. The van der Waals surface area contributed by atoms with Crippen LogP contribution in [0.5, 0.6) is 17.4 Å². The lowest BCUT2D eigenvalue weighted by atomic mass is 9.95. The van der Waals surface area contributed by atoms with Crippen molar-refractivity contribution in [2.75, 3.05) is 11.1 Å². The highest BCUT2D eigenvalue weighted by molar-refractivity contribution is 6.04. The minimum absolute atomic E-state index is 0.0289. The molecule has 0 spiro atoms. The molecular formula is C30H26FN5O4. The summed E-state index contributed by atoms with van der Waals surface area (Å²) in [4.78, 5) is 27.6. The van der Waals surface area contributed by atoms with Crippen LogP contribution in [-0.4, -0.2) is 20.7 Å². The van der Waals surface area contributed by atoms with Crippen LogP contribution in [-0.2, 0) is 11.4 Å². The number of ether oxygens (including phenoxy) is 2. The van der Waals surface area contributed by atoms with E-state index in [0.29, 0.717) is 33.9 Å². The Bertz CT molecular complexity index is 1790. The van der Waals surface area contributed by atoms with Crippen molar-refractivity contribution < 1.29 is 18.7 Å². The molecule has 0 unspecified atom stereocenters. The molecule has 1 amide bonds. The summed E-state index contributed by atoms with van der Waals surface area (Å²) < 4.78 is 27.7. The van der Waals surface area contributed by atoms with E-state index in [9.17, 15) is 14.0 Å². The zero-order valence-corrected chi connectivity index (χ0v) is 21.8. The van der Waals surface area contributed by atoms with Crippen molar-refractivity contribution in [3.8, 4) is 34.2 Å². The summed E-state index contributed by atoms with van der Waals surface area (Å²) in [5, 5.41) is 7.31. The Morgan fingerprint density at radius 1 is 1.12 bits per heavy atom. The van der Waals surface area contributed by atoms with Crippen molar-refractivity contribution in [3.63, 3.8) is 0 Å². The predicted molar refractivity (Wildman–Crippen MR) is 153 cm³/mol. The number of H-pyrrole nitrogens is 1. The van der Waals surface area contributed by atoms with Crippen LogP contribution in [0.2, 0.25) is 0 Å². The van der Waals surface area contributed by atoms with Crippen molar-refractivity contribution >= 4 is 28.3 Å². The summed E-state index contributed by atoms with van der Waals surface area (Å²) in [6.45, 7) is 7.34. The largest absolute Gasteiger partial charge is 0.473 e. The topological polar surface area (TPSA) is 124 Å². The predicted octanol–water partition coefficient (Wildman–Crippen LogP) is 5.94. The highest BCUT2D eigenvalue weighted by Gasteiger charge is 2.29. The van der Waals surface area contributed by atoms with Gasteiger partial charge in [0, 0.05) is 5.56 Å². The van der Waals surface area contributed by atoms with E-state index < -0.39 is 17.3 Å². The molecule has 4 N–H and O–H groups in total. The van der Waals surface area contributed by atoms with Crippen LogP contribution in [0.25, 0.3) is 27.7 Å². The second kappa shape index (κ2) is 10.8. The van der Waals surface area contributed by atoms with Crippen LogP contribution in [0.3, 0.4) is 0 Å². The number of hydrogen-bond acceptors (Lipinski definition) is 6. The van der Waals surface area contributed by atoms with Gasteiger partial charge in [-0.15, -0.1) is 0 Å². The van der Waals surface area contributed by atoms with E-state index in [0.717, 1.165) is 6.08 Å². The minimum atomic E-state index is -0.630. The molecule has 1 aliphatic rings. The van der Waals surface area contributed by atoms with Crippen LogP contribution in [0.15, 0.2) is 84.2 Å². The monoisotopic (exact) mass is 539 g/mol. The number of amides is 1. The molecule has 10 heteroatoms. The quantitative estimate of drug-likeness (QED) is 0.238. The van der Waals surface area contributed by atoms with Crippen LogP contribution in [0.4, 0.5) is 15.9 Å². The number of nitrogens with two attached hydrogens (primary N) is 1. The molecule has 0 radical (unpaired) electrons. The lowest BCUT2D eigenvalue weighted by Gasteiger charge is -2.23. The smallest absolute Gasteiger partial charge is 0.264 e. The summed E-state index contributed by atoms with van der Waals surface area (Å²) in [7, 11) is 0. The average molecular weight is 540 g/mol. The van der Waals surface area contributed by atoms with E-state index >= 15 is 0 Å². The first-order chi connectivity index (χ1) is 19.4. The van der Waals surface area contributed by atoms with Gasteiger partial charge in [-0.2, -0.15) is 5.10 Å². The van der Waals surface area contributed by atoms with Crippen molar-refractivity contribution in [3.05, 3.63) is 101 Å². The number of halogens is 1. The number of aromatic nitrogens is 3. The van der Waals surface area contributed by atoms with E-state index in [2.05, 4.69) is 22.0 Å². The number of benzene rings is 3. The molecule has 40 heavy (non-hydrogen) atoms. The first-order valence-corrected chi connectivity index (χ1v) is 12.6. The fraction of sp³-hybridized carbons (Fsp3) is 0.100. The second-order valence-electron chi connectivity index (χ2n) is 8.52. The third-order valence-electron chi connectivity index (χ3n) is 6.23. The van der Waals surface area contributed by atoms with Gasteiger partial charge in [0.05, 0.1) is 16.9 Å². The summed E-state index contributed by atoms with van der Waals surface area (Å²) in [5.41, 5.74) is 8.16. The first kappa shape index (κ1) is 26.2. The average Bonchev–Trinajstić information content (AvgIpc) is 3.33. The third-order valence-corrected chi connectivity index (χ3v) is 6.23. The van der Waals surface area contributed by atoms with Gasteiger partial charge in [-0.1, -0.05) is 44.7 Å². The van der Waals surface area contributed by atoms with E-state index in [-0.39, 0.29) is 34.9 Å². The Morgan fingerprint density at radius 2 is 1.82 bits per heavy atom. The molecule has 0 saturated heterocycles. The standard InChI is InChI=1S/C28H20FN5O4.C2H6/c1-2-21(35)31-24-19-14-37-28-22(18(19)12-13-20(24)29)25-23(27(36)32-28)26(30)34(33-25)15-8-10-17(11-9-15)38-16-6-4-3-5-7-16;1-2/h2-13H,1,14,30H2,(H,31,35)(H,32,36);1-2H3. The van der Waals surface area contributed by atoms with Gasteiger partial charge in [0.1, 0.15) is 40.6 Å². The number of nitrogens with zero attached hydrogens (tertiary/aromatic N) is 2. The maximum atomic E-state index is 14.7. The lowest BCUT2D eigenvalue weighted by Crippen LogP contribution is -2.18. The second-order valence-corrected chi connectivity index (χ2v) is 8.52. The number of pyridine rings is 1. The number of fused-ring (bicyclic) bond motifs is 5. The summed E-state index contributed by atoms with van der Waals surface area (Å²) in [6, 6.07) is 19.2. The van der Waals surface area contributed by atoms with Gasteiger partial charge in [0.2, 0.25) is 11.8 Å². The van der Waals surface area contributed by atoms with E-state index in [1.165, 1.54) is 10.7 Å². The number of carbonyl (C=O) groups excluding carboxylic acids is 1. The van der Waals surface area contributed by atoms with E-state index in [1.54, 1.807) is 30.3 Å². The number of nitrogen functional groups attached to an aromatic ring is 1. The number of anilines is 2. The van der Waals surface area contributed by atoms with Crippen LogP contribution in [0, 0.1) is 5.82 Å². The molecular weight excluding hydrogens is 513 g/mol. The molecule has 202 valence electrons. The van der Waals surface area contributed by atoms with Gasteiger partial charge in [-0.25, -0.2) is 9.07 Å². The zero-order chi connectivity index (χ0) is 28.4. The summed E-state index contributed by atoms with van der Waals surface area (Å²) in [5.74, 6) is 0.414. The number of nitrogens with one attached hydrogen (secondary N) is 2. The van der Waals surface area contributed by atoms with Crippen molar-refractivity contribution in [2.45, 2.75) is 20.5 Å². The zero-order valence-electron chi connectivity index (χ0n) is 21.8. The molecule has 1 aliphatic heterocycles. The molecule has 0 fully saturated rings. The van der Waals surface area contributed by atoms with Crippen molar-refractivity contribution in [1.82, 2.24) is 14.8 Å². The number of rotatable bonds is 5. The minimum Gasteiger partial charge on any atom is -0.473 e. The SMILES string of the molecule is C=CC(=O)Nc1c(F)ccc2c1COc1[nH]c(=O)c3c(N)n(-c4ccc(Oc5ccccc5)cc4)nc3c1-2.CC. The normalized spacial score (nSPS) is 11.4. The molecule has 3 aromatic carbocycles. The van der Waals surface area contributed by atoms with Gasteiger partial charge in [0.25, 0.3) is 5.56 Å². The van der Waals surface area contributed by atoms with Gasteiger partial charge >= 0.3 is 0 Å². The Hall–Kier alpha value is -5.38. The molecule has 9 nitrogen and oxygen atoms in total. The van der Waals surface area contributed by atoms with Crippen molar-refractivity contribution in [1.29, 1.82) is 0 Å². The maximum Gasteiger partial charge on any atom is 0.264 e. The summed E-state index contributed by atoms with van der Waals surface area (Å²) >= 11 is 0. The molecule has 0 bridgehead atoms. The van der Waals surface area contributed by atoms with Gasteiger partial charge < -0.3 is 20.5 Å².